The Morgan fingerprint density at radius 1 is 1.42 bits per heavy atom. The van der Waals surface area contributed by atoms with Gasteiger partial charge in [-0.25, -0.2) is 8.42 Å². The van der Waals surface area contributed by atoms with Gasteiger partial charge in [-0.3, -0.25) is 4.79 Å². The minimum Gasteiger partial charge on any atom is -0.324 e. The highest BCUT2D eigenvalue weighted by molar-refractivity contribution is 8.00. The third-order valence-corrected chi connectivity index (χ3v) is 6.48. The summed E-state index contributed by atoms with van der Waals surface area (Å²) in [6.07, 6.45) is 2.84. The molecule has 0 spiro atoms. The Balaban J connectivity index is 2.11. The zero-order valence-electron chi connectivity index (χ0n) is 11.5. The van der Waals surface area contributed by atoms with Gasteiger partial charge in [0.1, 0.15) is 5.37 Å². The van der Waals surface area contributed by atoms with Crippen molar-refractivity contribution in [3.63, 3.8) is 0 Å². The fourth-order valence-electron chi connectivity index (χ4n) is 2.78. The fourth-order valence-corrected chi connectivity index (χ4v) is 5.60. The Morgan fingerprint density at radius 3 is 2.79 bits per heavy atom. The van der Waals surface area contributed by atoms with Crippen LogP contribution in [-0.4, -0.2) is 61.5 Å². The zero-order chi connectivity index (χ0) is 14.0. The predicted molar refractivity (Wildman–Crippen MR) is 77.9 cm³/mol. The van der Waals surface area contributed by atoms with Crippen LogP contribution in [0, 0.1) is 5.92 Å². The van der Waals surface area contributed by atoms with Crippen LogP contribution in [0.5, 0.6) is 0 Å². The summed E-state index contributed by atoms with van der Waals surface area (Å²) in [7, 11) is -3.20. The van der Waals surface area contributed by atoms with Gasteiger partial charge in [-0.05, 0) is 26.3 Å². The van der Waals surface area contributed by atoms with Crippen LogP contribution in [0.4, 0.5) is 0 Å². The van der Waals surface area contributed by atoms with Crippen molar-refractivity contribution in [1.82, 2.24) is 10.2 Å². The van der Waals surface area contributed by atoms with Crippen LogP contribution in [0.15, 0.2) is 0 Å². The van der Waals surface area contributed by atoms with Crippen LogP contribution in [0.1, 0.15) is 19.8 Å². The fraction of sp³-hybridized carbons (Fsp3) is 0.917. The van der Waals surface area contributed by atoms with Gasteiger partial charge in [0.05, 0.1) is 0 Å². The van der Waals surface area contributed by atoms with E-state index in [4.69, 9.17) is 0 Å². The number of nitrogens with zero attached hydrogens (tertiary/aromatic N) is 1. The highest BCUT2D eigenvalue weighted by Gasteiger charge is 2.37. The molecule has 0 radical (unpaired) electrons. The second-order valence-electron chi connectivity index (χ2n) is 5.47. The van der Waals surface area contributed by atoms with Crippen LogP contribution in [0.25, 0.3) is 0 Å². The number of sulfone groups is 1. The molecule has 0 bridgehead atoms. The number of thioether (sulfide) groups is 1. The molecule has 7 heteroatoms. The highest BCUT2D eigenvalue weighted by atomic mass is 32.2. The van der Waals surface area contributed by atoms with Crippen LogP contribution >= 0.6 is 11.8 Å². The van der Waals surface area contributed by atoms with Crippen molar-refractivity contribution >= 4 is 27.5 Å². The summed E-state index contributed by atoms with van der Waals surface area (Å²) >= 11 is 1.61. The van der Waals surface area contributed by atoms with Crippen LogP contribution in [0.3, 0.4) is 0 Å². The molecule has 1 N–H and O–H groups in total. The van der Waals surface area contributed by atoms with Crippen molar-refractivity contribution in [1.29, 1.82) is 0 Å². The van der Waals surface area contributed by atoms with Crippen LogP contribution < -0.4 is 5.32 Å². The first-order valence-electron chi connectivity index (χ1n) is 6.70. The Kier molecular flexibility index (Phi) is 4.79. The molecule has 0 aromatic heterocycles. The lowest BCUT2D eigenvalue weighted by Gasteiger charge is -2.38. The molecule has 0 aliphatic carbocycles. The first kappa shape index (κ1) is 15.1. The number of hydrogen-bond donors (Lipinski definition) is 1. The predicted octanol–water partition coefficient (Wildman–Crippen LogP) is 0.321. The molecular weight excluding hydrogens is 284 g/mol. The van der Waals surface area contributed by atoms with E-state index >= 15 is 0 Å². The second kappa shape index (κ2) is 6.01. The molecule has 0 saturated carbocycles. The quantitative estimate of drug-likeness (QED) is 0.796. The lowest BCUT2D eigenvalue weighted by Crippen LogP contribution is -2.53. The average Bonchev–Trinajstić information content (AvgIpc) is 2.37. The Hall–Kier alpha value is -0.270. The van der Waals surface area contributed by atoms with Crippen molar-refractivity contribution in [3.05, 3.63) is 0 Å². The summed E-state index contributed by atoms with van der Waals surface area (Å²) in [6, 6.07) is 0.332. The molecule has 110 valence electrons. The molecule has 2 rings (SSSR count). The first-order valence-corrected chi connectivity index (χ1v) is 9.81. The van der Waals surface area contributed by atoms with Crippen LogP contribution in [0.2, 0.25) is 0 Å². The van der Waals surface area contributed by atoms with Crippen molar-refractivity contribution < 1.29 is 13.2 Å². The van der Waals surface area contributed by atoms with Gasteiger partial charge in [0.15, 0.2) is 9.84 Å². The molecule has 2 heterocycles. The summed E-state index contributed by atoms with van der Waals surface area (Å²) in [5.74, 6) is 1.34. The Bertz CT molecular complexity index is 438. The summed E-state index contributed by atoms with van der Waals surface area (Å²) in [6.45, 7) is 3.46. The topological polar surface area (TPSA) is 66.5 Å². The van der Waals surface area contributed by atoms with E-state index in [0.29, 0.717) is 18.3 Å². The number of hydrogen-bond acceptors (Lipinski definition) is 5. The van der Waals surface area contributed by atoms with Gasteiger partial charge in [0.25, 0.3) is 0 Å². The van der Waals surface area contributed by atoms with Crippen molar-refractivity contribution in [3.8, 4) is 0 Å². The van der Waals surface area contributed by atoms with Crippen molar-refractivity contribution in [2.45, 2.75) is 31.2 Å². The maximum atomic E-state index is 12.6. The number of carbonyl (C=O) groups excluding carboxylic acids is 1. The largest absolute Gasteiger partial charge is 0.324 e. The van der Waals surface area contributed by atoms with E-state index in [1.165, 1.54) is 6.26 Å². The van der Waals surface area contributed by atoms with E-state index in [1.807, 2.05) is 0 Å². The molecule has 1 amide bonds. The SMILES string of the molecule is CC1CC(C(=O)N2CCSCC2S(C)(=O)=O)CCN1. The number of carbonyl (C=O) groups is 1. The maximum Gasteiger partial charge on any atom is 0.226 e. The van der Waals surface area contributed by atoms with Gasteiger partial charge in [-0.15, -0.1) is 0 Å². The summed E-state index contributed by atoms with van der Waals surface area (Å²) in [5.41, 5.74) is 0. The van der Waals surface area contributed by atoms with Crippen molar-refractivity contribution in [2.24, 2.45) is 5.92 Å². The second-order valence-corrected chi connectivity index (χ2v) is 8.82. The van der Waals surface area contributed by atoms with Gasteiger partial charge >= 0.3 is 0 Å². The highest BCUT2D eigenvalue weighted by Crippen LogP contribution is 2.26. The Morgan fingerprint density at radius 2 is 2.16 bits per heavy atom. The van der Waals surface area contributed by atoms with Gasteiger partial charge in [-0.1, -0.05) is 0 Å². The van der Waals surface area contributed by atoms with Gasteiger partial charge < -0.3 is 10.2 Å². The normalized spacial score (nSPS) is 33.2. The monoisotopic (exact) mass is 306 g/mol. The minimum atomic E-state index is -3.20. The minimum absolute atomic E-state index is 0.0244. The molecule has 0 aromatic carbocycles. The summed E-state index contributed by atoms with van der Waals surface area (Å²) < 4.78 is 23.7. The molecule has 5 nitrogen and oxygen atoms in total. The number of nitrogens with one attached hydrogen (secondary N) is 1. The standard InChI is InChI=1S/C12H22N2O3S2/c1-9-7-10(3-4-13-9)12(15)14-5-6-18-8-11(14)19(2,16)17/h9-11,13H,3-8H2,1-2H3. The van der Waals surface area contributed by atoms with E-state index < -0.39 is 15.2 Å². The molecule has 19 heavy (non-hydrogen) atoms. The number of amides is 1. The molecular formula is C12H22N2O3S2. The van der Waals surface area contributed by atoms with Crippen LogP contribution in [-0.2, 0) is 14.6 Å². The average molecular weight is 306 g/mol. The third-order valence-electron chi connectivity index (χ3n) is 3.83. The molecule has 3 atom stereocenters. The van der Waals surface area contributed by atoms with E-state index in [-0.39, 0.29) is 11.8 Å². The third kappa shape index (κ3) is 3.64. The maximum absolute atomic E-state index is 12.6. The molecule has 2 saturated heterocycles. The molecule has 3 unspecified atom stereocenters. The zero-order valence-corrected chi connectivity index (χ0v) is 13.1. The molecule has 2 aliphatic rings. The molecule has 2 aliphatic heterocycles. The van der Waals surface area contributed by atoms with Gasteiger partial charge in [0.2, 0.25) is 5.91 Å². The van der Waals surface area contributed by atoms with E-state index in [2.05, 4.69) is 12.2 Å². The van der Waals surface area contributed by atoms with Gasteiger partial charge in [0, 0.05) is 36.3 Å². The molecule has 0 aromatic rings. The summed E-state index contributed by atoms with van der Waals surface area (Å²) in [5, 5.41) is 2.68. The number of rotatable bonds is 2. The number of piperidine rings is 1. The van der Waals surface area contributed by atoms with E-state index in [0.717, 1.165) is 25.1 Å². The van der Waals surface area contributed by atoms with E-state index in [9.17, 15) is 13.2 Å². The lowest BCUT2D eigenvalue weighted by molar-refractivity contribution is -0.137. The smallest absolute Gasteiger partial charge is 0.226 e. The first-order chi connectivity index (χ1) is 8.89. The Labute approximate surface area is 119 Å². The van der Waals surface area contributed by atoms with Gasteiger partial charge in [-0.2, -0.15) is 11.8 Å². The molecule has 2 fully saturated rings. The lowest BCUT2D eigenvalue weighted by atomic mass is 9.92. The van der Waals surface area contributed by atoms with E-state index in [1.54, 1.807) is 16.7 Å². The van der Waals surface area contributed by atoms with Crippen molar-refractivity contribution in [2.75, 3.05) is 30.9 Å². The summed E-state index contributed by atoms with van der Waals surface area (Å²) in [4.78, 5) is 14.2.